The third-order valence-electron chi connectivity index (χ3n) is 4.61. The fourth-order valence-corrected chi connectivity index (χ4v) is 4.59. The van der Waals surface area contributed by atoms with E-state index in [0.717, 1.165) is 5.56 Å². The topological polar surface area (TPSA) is 130 Å². The monoisotopic (exact) mass is 464 g/mol. The number of amides is 3. The number of hydrogen-bond donors (Lipinski definition) is 4. The van der Waals surface area contributed by atoms with Crippen LogP contribution in [0.4, 0.5) is 4.79 Å². The van der Waals surface area contributed by atoms with Crippen molar-refractivity contribution in [1.29, 1.82) is 0 Å². The molecule has 164 valence electrons. The Morgan fingerprint density at radius 3 is 2.58 bits per heavy atom. The average molecular weight is 465 g/mol. The van der Waals surface area contributed by atoms with E-state index in [1.807, 2.05) is 6.92 Å². The number of carboxylic acid groups (broad SMARTS) is 1. The summed E-state index contributed by atoms with van der Waals surface area (Å²) in [4.78, 5) is 49.2. The SMILES string of the molecule is CCCC(=O)NNC(=O)c1cn(Cc2ccc(Cl)cc2)c(=O)c2c1SC[C@@H]2NC(=O)O. The van der Waals surface area contributed by atoms with Crippen molar-refractivity contribution in [1.82, 2.24) is 20.7 Å². The van der Waals surface area contributed by atoms with Gasteiger partial charge in [-0.2, -0.15) is 0 Å². The number of hydrazine groups is 1. The molecule has 1 atom stereocenters. The molecule has 0 unspecified atom stereocenters. The number of pyridine rings is 1. The van der Waals surface area contributed by atoms with Crippen molar-refractivity contribution in [3.8, 4) is 0 Å². The minimum atomic E-state index is -1.26. The summed E-state index contributed by atoms with van der Waals surface area (Å²) in [7, 11) is 0. The van der Waals surface area contributed by atoms with Gasteiger partial charge in [0.15, 0.2) is 0 Å². The first kappa shape index (κ1) is 22.7. The zero-order chi connectivity index (χ0) is 22.5. The van der Waals surface area contributed by atoms with Gasteiger partial charge in [-0.05, 0) is 24.1 Å². The molecule has 0 saturated heterocycles. The summed E-state index contributed by atoms with van der Waals surface area (Å²) < 4.78 is 1.35. The Kier molecular flexibility index (Phi) is 7.24. The Labute approximate surface area is 187 Å². The predicted molar refractivity (Wildman–Crippen MR) is 116 cm³/mol. The number of halogens is 1. The first-order valence-electron chi connectivity index (χ1n) is 9.53. The molecule has 9 nitrogen and oxygen atoms in total. The van der Waals surface area contributed by atoms with Crippen molar-refractivity contribution in [2.45, 2.75) is 37.2 Å². The second-order valence-corrected chi connectivity index (χ2v) is 8.38. The third-order valence-corrected chi connectivity index (χ3v) is 6.09. The number of hydrogen-bond acceptors (Lipinski definition) is 5. The number of aromatic nitrogens is 1. The molecule has 4 N–H and O–H groups in total. The van der Waals surface area contributed by atoms with E-state index < -0.39 is 18.0 Å². The number of carbonyl (C=O) groups excluding carboxylic acids is 2. The van der Waals surface area contributed by atoms with Gasteiger partial charge in [0.2, 0.25) is 5.91 Å². The largest absolute Gasteiger partial charge is 0.465 e. The molecule has 1 aliphatic rings. The van der Waals surface area contributed by atoms with Gasteiger partial charge in [-0.15, -0.1) is 11.8 Å². The lowest BCUT2D eigenvalue weighted by atomic mass is 10.1. The van der Waals surface area contributed by atoms with Crippen LogP contribution in [0.25, 0.3) is 0 Å². The van der Waals surface area contributed by atoms with Crippen molar-refractivity contribution in [2.24, 2.45) is 0 Å². The van der Waals surface area contributed by atoms with Crippen LogP contribution in [-0.4, -0.2) is 33.3 Å². The summed E-state index contributed by atoms with van der Waals surface area (Å²) in [6.45, 7) is 2.00. The summed E-state index contributed by atoms with van der Waals surface area (Å²) >= 11 is 7.14. The molecular weight excluding hydrogens is 444 g/mol. The number of nitrogens with zero attached hydrogens (tertiary/aromatic N) is 1. The molecule has 3 rings (SSSR count). The predicted octanol–water partition coefficient (Wildman–Crippen LogP) is 2.53. The van der Waals surface area contributed by atoms with Gasteiger partial charge in [-0.25, -0.2) is 4.79 Å². The Morgan fingerprint density at radius 2 is 1.94 bits per heavy atom. The number of benzene rings is 1. The number of carbonyl (C=O) groups is 3. The number of thioether (sulfide) groups is 1. The summed E-state index contributed by atoms with van der Waals surface area (Å²) in [5.74, 6) is -0.640. The van der Waals surface area contributed by atoms with Gasteiger partial charge in [0.1, 0.15) is 0 Å². The average Bonchev–Trinajstić information content (AvgIpc) is 3.13. The van der Waals surface area contributed by atoms with E-state index in [2.05, 4.69) is 16.2 Å². The van der Waals surface area contributed by atoms with Crippen LogP contribution >= 0.6 is 23.4 Å². The van der Waals surface area contributed by atoms with Gasteiger partial charge < -0.3 is 15.0 Å². The summed E-state index contributed by atoms with van der Waals surface area (Å²) in [5, 5.41) is 12.0. The molecular formula is C20H21ClN4O5S. The van der Waals surface area contributed by atoms with Crippen molar-refractivity contribution in [2.75, 3.05) is 5.75 Å². The highest BCUT2D eigenvalue weighted by molar-refractivity contribution is 7.99. The normalized spacial score (nSPS) is 14.6. The maximum Gasteiger partial charge on any atom is 0.405 e. The van der Waals surface area contributed by atoms with E-state index in [-0.39, 0.29) is 41.3 Å². The zero-order valence-corrected chi connectivity index (χ0v) is 18.2. The second kappa shape index (κ2) is 9.88. The summed E-state index contributed by atoms with van der Waals surface area (Å²) in [5.41, 5.74) is 5.50. The Hall–Kier alpha value is -2.98. The Morgan fingerprint density at radius 1 is 1.23 bits per heavy atom. The van der Waals surface area contributed by atoms with Gasteiger partial charge in [-0.1, -0.05) is 30.7 Å². The standard InChI is InChI=1S/C20H21ClN4O5S/c1-2-3-15(26)23-24-18(27)13-9-25(8-11-4-6-12(21)7-5-11)19(28)16-14(22-20(29)30)10-31-17(13)16/h4-7,9,14,22H,2-3,8,10H2,1H3,(H,23,26)(H,24,27)(H,29,30)/t14-/m0/s1. The Balaban J connectivity index is 1.99. The maximum atomic E-state index is 13.1. The van der Waals surface area contributed by atoms with Gasteiger partial charge in [0.25, 0.3) is 11.5 Å². The van der Waals surface area contributed by atoms with Gasteiger partial charge >= 0.3 is 6.09 Å². The molecule has 1 aliphatic heterocycles. The number of nitrogens with one attached hydrogen (secondary N) is 3. The molecule has 0 spiro atoms. The molecule has 0 aliphatic carbocycles. The van der Waals surface area contributed by atoms with Crippen LogP contribution in [0.3, 0.4) is 0 Å². The van der Waals surface area contributed by atoms with Crippen LogP contribution in [-0.2, 0) is 11.3 Å². The fraction of sp³-hybridized carbons (Fsp3) is 0.300. The van der Waals surface area contributed by atoms with E-state index in [9.17, 15) is 19.2 Å². The van der Waals surface area contributed by atoms with Crippen LogP contribution < -0.4 is 21.7 Å². The lowest BCUT2D eigenvalue weighted by molar-refractivity contribution is -0.121. The van der Waals surface area contributed by atoms with Crippen LogP contribution in [0.15, 0.2) is 40.2 Å². The molecule has 0 saturated carbocycles. The van der Waals surface area contributed by atoms with E-state index in [0.29, 0.717) is 16.3 Å². The molecule has 0 bridgehead atoms. The smallest absolute Gasteiger partial charge is 0.405 e. The zero-order valence-electron chi connectivity index (χ0n) is 16.6. The first-order chi connectivity index (χ1) is 14.8. The van der Waals surface area contributed by atoms with Crippen molar-refractivity contribution in [3.63, 3.8) is 0 Å². The van der Waals surface area contributed by atoms with E-state index >= 15 is 0 Å². The van der Waals surface area contributed by atoms with Crippen LogP contribution in [0.5, 0.6) is 0 Å². The van der Waals surface area contributed by atoms with Gasteiger partial charge in [-0.3, -0.25) is 25.2 Å². The number of rotatable bonds is 6. The molecule has 2 heterocycles. The van der Waals surface area contributed by atoms with Crippen molar-refractivity contribution < 1.29 is 19.5 Å². The molecule has 0 radical (unpaired) electrons. The molecule has 1 aromatic heterocycles. The quantitative estimate of drug-likeness (QED) is 0.486. The molecule has 1 aromatic carbocycles. The van der Waals surface area contributed by atoms with Crippen LogP contribution in [0.1, 0.15) is 47.3 Å². The van der Waals surface area contributed by atoms with E-state index in [4.69, 9.17) is 16.7 Å². The van der Waals surface area contributed by atoms with E-state index in [1.54, 1.807) is 24.3 Å². The van der Waals surface area contributed by atoms with Gasteiger partial charge in [0, 0.05) is 28.3 Å². The minimum absolute atomic E-state index is 0.163. The van der Waals surface area contributed by atoms with Crippen molar-refractivity contribution >= 4 is 41.3 Å². The lowest BCUT2D eigenvalue weighted by Crippen LogP contribution is -2.42. The minimum Gasteiger partial charge on any atom is -0.465 e. The molecule has 11 heteroatoms. The summed E-state index contributed by atoms with van der Waals surface area (Å²) in [6.07, 6.45) is 1.05. The molecule has 0 fully saturated rings. The lowest BCUT2D eigenvalue weighted by Gasteiger charge is -2.16. The fourth-order valence-electron chi connectivity index (χ4n) is 3.19. The third kappa shape index (κ3) is 5.39. The van der Waals surface area contributed by atoms with Gasteiger partial charge in [0.05, 0.1) is 23.7 Å². The summed E-state index contributed by atoms with van der Waals surface area (Å²) in [6, 6.07) is 6.15. The second-order valence-electron chi connectivity index (χ2n) is 6.91. The maximum absolute atomic E-state index is 13.1. The van der Waals surface area contributed by atoms with Crippen molar-refractivity contribution in [3.05, 3.63) is 62.5 Å². The Bertz CT molecular complexity index is 1070. The highest BCUT2D eigenvalue weighted by atomic mass is 35.5. The number of fused-ring (bicyclic) bond motifs is 1. The highest BCUT2D eigenvalue weighted by Crippen LogP contribution is 2.38. The first-order valence-corrected chi connectivity index (χ1v) is 10.9. The van der Waals surface area contributed by atoms with Crippen LogP contribution in [0, 0.1) is 0 Å². The van der Waals surface area contributed by atoms with Crippen LogP contribution in [0.2, 0.25) is 5.02 Å². The molecule has 3 amide bonds. The highest BCUT2D eigenvalue weighted by Gasteiger charge is 2.33. The molecule has 2 aromatic rings. The van der Waals surface area contributed by atoms with E-state index in [1.165, 1.54) is 22.5 Å². The molecule has 31 heavy (non-hydrogen) atoms.